The minimum atomic E-state index is -4.36. The molecule has 0 fully saturated rings. The van der Waals surface area contributed by atoms with Crippen LogP contribution in [0, 0.1) is 0 Å². The number of anilines is 1. The van der Waals surface area contributed by atoms with E-state index in [-0.39, 0.29) is 18.5 Å². The van der Waals surface area contributed by atoms with Crippen molar-refractivity contribution in [1.29, 1.82) is 0 Å². The van der Waals surface area contributed by atoms with Crippen LogP contribution >= 0.6 is 0 Å². The van der Waals surface area contributed by atoms with Crippen LogP contribution in [0.5, 0.6) is 0 Å². The average molecular weight is 290 g/mol. The highest BCUT2D eigenvalue weighted by molar-refractivity contribution is 5.52. The molecule has 0 spiro atoms. The summed E-state index contributed by atoms with van der Waals surface area (Å²) in [4.78, 5) is 1.85. The fourth-order valence-corrected chi connectivity index (χ4v) is 2.07. The van der Waals surface area contributed by atoms with Crippen LogP contribution in [-0.2, 0) is 17.3 Å². The van der Waals surface area contributed by atoms with E-state index in [9.17, 15) is 13.2 Å². The molecule has 0 aliphatic rings. The molecule has 0 aliphatic heterocycles. The summed E-state index contributed by atoms with van der Waals surface area (Å²) in [7, 11) is 1.57. The molecular weight excluding hydrogens is 269 g/mol. The number of methoxy groups -OCH3 is 1. The number of nitrogens with zero attached hydrogens (tertiary/aromatic N) is 1. The third kappa shape index (κ3) is 4.38. The van der Waals surface area contributed by atoms with E-state index in [1.807, 2.05) is 11.8 Å². The summed E-state index contributed by atoms with van der Waals surface area (Å²) >= 11 is 0. The number of hydrogen-bond donors (Lipinski definition) is 1. The van der Waals surface area contributed by atoms with Crippen molar-refractivity contribution in [2.75, 3.05) is 38.3 Å². The van der Waals surface area contributed by atoms with Crippen LogP contribution in [0.2, 0.25) is 0 Å². The van der Waals surface area contributed by atoms with Crippen molar-refractivity contribution in [3.63, 3.8) is 0 Å². The van der Waals surface area contributed by atoms with Crippen LogP contribution < -0.4 is 10.6 Å². The number of alkyl halides is 3. The van der Waals surface area contributed by atoms with E-state index in [0.29, 0.717) is 25.4 Å². The van der Waals surface area contributed by atoms with Gasteiger partial charge in [-0.25, -0.2) is 0 Å². The molecular formula is C14H21F3N2O. The molecule has 0 unspecified atom stereocenters. The zero-order valence-electron chi connectivity index (χ0n) is 11.8. The predicted molar refractivity (Wildman–Crippen MR) is 74.0 cm³/mol. The quantitative estimate of drug-likeness (QED) is 0.839. The first-order chi connectivity index (χ1) is 9.43. The van der Waals surface area contributed by atoms with Gasteiger partial charge in [-0.2, -0.15) is 13.2 Å². The highest BCUT2D eigenvalue weighted by atomic mass is 19.4. The molecule has 3 nitrogen and oxygen atoms in total. The molecule has 1 aromatic rings. The monoisotopic (exact) mass is 290 g/mol. The summed E-state index contributed by atoms with van der Waals surface area (Å²) in [5.41, 5.74) is 5.56. The van der Waals surface area contributed by atoms with Gasteiger partial charge >= 0.3 is 6.18 Å². The Kier molecular flexibility index (Phi) is 6.29. The van der Waals surface area contributed by atoms with Crippen LogP contribution in [0.3, 0.4) is 0 Å². The van der Waals surface area contributed by atoms with E-state index in [4.69, 9.17) is 10.5 Å². The van der Waals surface area contributed by atoms with E-state index in [0.717, 1.165) is 0 Å². The summed E-state index contributed by atoms with van der Waals surface area (Å²) in [6, 6.07) is 4.42. The Morgan fingerprint density at radius 2 is 2.00 bits per heavy atom. The van der Waals surface area contributed by atoms with E-state index in [1.165, 1.54) is 12.1 Å². The van der Waals surface area contributed by atoms with Crippen molar-refractivity contribution in [2.24, 2.45) is 5.73 Å². The van der Waals surface area contributed by atoms with Crippen molar-refractivity contribution in [2.45, 2.75) is 19.5 Å². The fraction of sp³-hybridized carbons (Fsp3) is 0.571. The Morgan fingerprint density at radius 1 is 1.30 bits per heavy atom. The smallest absolute Gasteiger partial charge is 0.383 e. The molecule has 0 heterocycles. The summed E-state index contributed by atoms with van der Waals surface area (Å²) in [5, 5.41) is 0. The number of likely N-dealkylation sites (N-methyl/N-ethyl adjacent to an activating group) is 1. The number of ether oxygens (including phenoxy) is 1. The zero-order valence-corrected chi connectivity index (χ0v) is 11.8. The van der Waals surface area contributed by atoms with Gasteiger partial charge in [-0.3, -0.25) is 0 Å². The van der Waals surface area contributed by atoms with Crippen LogP contribution in [0.4, 0.5) is 18.9 Å². The van der Waals surface area contributed by atoms with Crippen LogP contribution in [0.15, 0.2) is 18.2 Å². The number of rotatable bonds is 7. The Labute approximate surface area is 117 Å². The van der Waals surface area contributed by atoms with Crippen LogP contribution in [0.25, 0.3) is 0 Å². The third-order valence-electron chi connectivity index (χ3n) is 3.12. The minimum absolute atomic E-state index is 0.198. The van der Waals surface area contributed by atoms with Crippen molar-refractivity contribution < 1.29 is 17.9 Å². The van der Waals surface area contributed by atoms with Crippen LogP contribution in [0.1, 0.15) is 18.1 Å². The van der Waals surface area contributed by atoms with Gasteiger partial charge in [0.15, 0.2) is 0 Å². The lowest BCUT2D eigenvalue weighted by Gasteiger charge is -2.24. The van der Waals surface area contributed by atoms with Gasteiger partial charge in [0.1, 0.15) is 0 Å². The predicted octanol–water partition coefficient (Wildman–Crippen LogP) is 2.68. The normalized spacial score (nSPS) is 11.7. The summed E-state index contributed by atoms with van der Waals surface area (Å²) in [6.45, 7) is 3.75. The SMILES string of the molecule is CCN(CCOC)c1ccc(CCN)c(C(F)(F)F)c1. The third-order valence-corrected chi connectivity index (χ3v) is 3.12. The van der Waals surface area contributed by atoms with Crippen molar-refractivity contribution in [1.82, 2.24) is 0 Å². The Hall–Kier alpha value is -1.27. The molecule has 0 bridgehead atoms. The molecule has 0 atom stereocenters. The Bertz CT molecular complexity index is 421. The maximum absolute atomic E-state index is 13.1. The van der Waals surface area contributed by atoms with E-state index in [1.54, 1.807) is 13.2 Å². The zero-order chi connectivity index (χ0) is 15.2. The molecule has 0 saturated heterocycles. The lowest BCUT2D eigenvalue weighted by Crippen LogP contribution is -2.27. The summed E-state index contributed by atoms with van der Waals surface area (Å²) in [5.74, 6) is 0. The molecule has 0 aromatic heterocycles. The van der Waals surface area contributed by atoms with Gasteiger partial charge in [-0.15, -0.1) is 0 Å². The van der Waals surface area contributed by atoms with Gasteiger partial charge in [0, 0.05) is 25.9 Å². The van der Waals surface area contributed by atoms with Crippen LogP contribution in [-0.4, -0.2) is 33.4 Å². The second-order valence-corrected chi connectivity index (χ2v) is 4.45. The van der Waals surface area contributed by atoms with E-state index >= 15 is 0 Å². The molecule has 1 rings (SSSR count). The van der Waals surface area contributed by atoms with Gasteiger partial charge in [-0.05, 0) is 37.6 Å². The fourth-order valence-electron chi connectivity index (χ4n) is 2.07. The molecule has 0 amide bonds. The Morgan fingerprint density at radius 3 is 2.50 bits per heavy atom. The molecule has 6 heteroatoms. The van der Waals surface area contributed by atoms with Gasteiger partial charge in [0.05, 0.1) is 12.2 Å². The first-order valence-corrected chi connectivity index (χ1v) is 6.58. The van der Waals surface area contributed by atoms with Crippen molar-refractivity contribution in [3.8, 4) is 0 Å². The minimum Gasteiger partial charge on any atom is -0.383 e. The highest BCUT2D eigenvalue weighted by Crippen LogP contribution is 2.34. The second kappa shape index (κ2) is 7.50. The molecule has 114 valence electrons. The number of hydrogen-bond acceptors (Lipinski definition) is 3. The van der Waals surface area contributed by atoms with Crippen molar-refractivity contribution >= 4 is 5.69 Å². The first-order valence-electron chi connectivity index (χ1n) is 6.58. The van der Waals surface area contributed by atoms with Gasteiger partial charge in [0.2, 0.25) is 0 Å². The molecule has 0 saturated carbocycles. The summed E-state index contributed by atoms with van der Waals surface area (Å²) < 4.78 is 44.2. The maximum atomic E-state index is 13.1. The van der Waals surface area contributed by atoms with Gasteiger partial charge in [0.25, 0.3) is 0 Å². The summed E-state index contributed by atoms with van der Waals surface area (Å²) in [6.07, 6.45) is -4.14. The Balaban J connectivity index is 3.10. The lowest BCUT2D eigenvalue weighted by molar-refractivity contribution is -0.138. The van der Waals surface area contributed by atoms with E-state index < -0.39 is 11.7 Å². The van der Waals surface area contributed by atoms with Crippen molar-refractivity contribution in [3.05, 3.63) is 29.3 Å². The number of nitrogens with two attached hydrogens (primary N) is 1. The average Bonchev–Trinajstić information content (AvgIpc) is 2.40. The maximum Gasteiger partial charge on any atom is 0.416 e. The first kappa shape index (κ1) is 16.8. The standard InChI is InChI=1S/C14H21F3N2O/c1-3-19(8-9-20-2)12-5-4-11(6-7-18)13(10-12)14(15,16)17/h4-5,10H,3,6-9,18H2,1-2H3. The molecule has 20 heavy (non-hydrogen) atoms. The molecule has 0 radical (unpaired) electrons. The number of benzene rings is 1. The van der Waals surface area contributed by atoms with Gasteiger partial charge in [-0.1, -0.05) is 6.07 Å². The largest absolute Gasteiger partial charge is 0.416 e. The molecule has 2 N–H and O–H groups in total. The topological polar surface area (TPSA) is 38.5 Å². The molecule has 1 aromatic carbocycles. The van der Waals surface area contributed by atoms with Gasteiger partial charge < -0.3 is 15.4 Å². The highest BCUT2D eigenvalue weighted by Gasteiger charge is 2.33. The molecule has 0 aliphatic carbocycles. The lowest BCUT2D eigenvalue weighted by atomic mass is 10.0. The number of halogens is 3. The second-order valence-electron chi connectivity index (χ2n) is 4.45. The van der Waals surface area contributed by atoms with E-state index in [2.05, 4.69) is 0 Å².